The van der Waals surface area contributed by atoms with Crippen LogP contribution in [0.15, 0.2) is 82.7 Å². The van der Waals surface area contributed by atoms with Crippen LogP contribution in [0, 0.1) is 0 Å². The van der Waals surface area contributed by atoms with E-state index in [1.165, 1.54) is 30.6 Å². The number of hydrogen-bond donors (Lipinski definition) is 3. The smallest absolute Gasteiger partial charge is 0.261 e. The number of pyridine rings is 2. The predicted octanol–water partition coefficient (Wildman–Crippen LogP) is 3.37. The van der Waals surface area contributed by atoms with Crippen molar-refractivity contribution < 1.29 is 17.9 Å². The summed E-state index contributed by atoms with van der Waals surface area (Å²) < 4.78 is 33.8. The number of carbonyl (C=O) groups excluding carboxylic acids is 1. The highest BCUT2D eigenvalue weighted by molar-refractivity contribution is 7.92. The Kier molecular flexibility index (Phi) is 6.09. The van der Waals surface area contributed by atoms with E-state index in [0.717, 1.165) is 6.07 Å². The van der Waals surface area contributed by atoms with E-state index in [0.29, 0.717) is 29.2 Å². The van der Waals surface area contributed by atoms with Gasteiger partial charge >= 0.3 is 0 Å². The molecule has 0 atom stereocenters. The van der Waals surface area contributed by atoms with Crippen molar-refractivity contribution in [2.45, 2.75) is 11.8 Å². The van der Waals surface area contributed by atoms with Crippen LogP contribution in [0.5, 0.6) is 5.75 Å². The third kappa shape index (κ3) is 5.01. The summed E-state index contributed by atoms with van der Waals surface area (Å²) in [5.41, 5.74) is 0.747. The number of hydrogen-bond acceptors (Lipinski definition) is 6. The molecule has 0 saturated heterocycles. The molecule has 1 amide bonds. The minimum absolute atomic E-state index is 0.0451. The van der Waals surface area contributed by atoms with E-state index in [2.05, 4.69) is 20.0 Å². The van der Waals surface area contributed by atoms with Gasteiger partial charge in [0.1, 0.15) is 5.75 Å². The number of fused-ring (bicyclic) bond motifs is 1. The first kappa shape index (κ1) is 22.0. The summed E-state index contributed by atoms with van der Waals surface area (Å²) in [6.07, 6.45) is 3.03. The molecule has 168 valence electrons. The second-order valence-corrected chi connectivity index (χ2v) is 8.69. The molecule has 0 radical (unpaired) electrons. The molecule has 0 aliphatic rings. The first-order valence-corrected chi connectivity index (χ1v) is 11.5. The van der Waals surface area contributed by atoms with Crippen molar-refractivity contribution in [3.8, 4) is 5.75 Å². The number of anilines is 2. The van der Waals surface area contributed by atoms with E-state index in [1.807, 2.05) is 6.92 Å². The summed E-state index contributed by atoms with van der Waals surface area (Å²) in [5, 5.41) is 2.97. The van der Waals surface area contributed by atoms with Crippen molar-refractivity contribution in [1.29, 1.82) is 0 Å². The summed E-state index contributed by atoms with van der Waals surface area (Å²) in [4.78, 5) is 31.4. The molecule has 4 rings (SSSR count). The van der Waals surface area contributed by atoms with Gasteiger partial charge in [0.25, 0.3) is 15.9 Å². The van der Waals surface area contributed by atoms with Gasteiger partial charge in [-0.25, -0.2) is 8.42 Å². The van der Waals surface area contributed by atoms with E-state index in [4.69, 9.17) is 4.74 Å². The Bertz CT molecular complexity index is 1470. The highest BCUT2D eigenvalue weighted by Crippen LogP contribution is 2.24. The van der Waals surface area contributed by atoms with Crippen LogP contribution in [-0.2, 0) is 10.0 Å². The van der Waals surface area contributed by atoms with Crippen molar-refractivity contribution in [2.75, 3.05) is 16.6 Å². The monoisotopic (exact) mass is 464 g/mol. The number of benzene rings is 2. The molecule has 33 heavy (non-hydrogen) atoms. The Hall–Kier alpha value is -4.18. The zero-order chi connectivity index (χ0) is 23.4. The van der Waals surface area contributed by atoms with Crippen molar-refractivity contribution in [2.24, 2.45) is 0 Å². The van der Waals surface area contributed by atoms with E-state index in [9.17, 15) is 18.0 Å². The van der Waals surface area contributed by atoms with Gasteiger partial charge in [0.2, 0.25) is 5.56 Å². The molecule has 4 aromatic rings. The number of carbonyl (C=O) groups is 1. The molecular weight excluding hydrogens is 444 g/mol. The van der Waals surface area contributed by atoms with Gasteiger partial charge in [-0.15, -0.1) is 0 Å². The molecule has 9 nitrogen and oxygen atoms in total. The molecule has 0 spiro atoms. The molecule has 0 aliphatic carbocycles. The number of ether oxygens (including phenoxy) is 1. The van der Waals surface area contributed by atoms with Crippen LogP contribution < -0.4 is 20.3 Å². The maximum atomic E-state index is 13.0. The number of H-pyrrole nitrogens is 1. The highest BCUT2D eigenvalue weighted by atomic mass is 32.2. The molecule has 10 heteroatoms. The lowest BCUT2D eigenvalue weighted by molar-refractivity contribution is 0.102. The van der Waals surface area contributed by atoms with Gasteiger partial charge in [0.05, 0.1) is 17.1 Å². The van der Waals surface area contributed by atoms with Crippen molar-refractivity contribution in [3.05, 3.63) is 89.0 Å². The molecule has 0 saturated carbocycles. The fourth-order valence-corrected chi connectivity index (χ4v) is 4.31. The lowest BCUT2D eigenvalue weighted by atomic mass is 10.1. The summed E-state index contributed by atoms with van der Waals surface area (Å²) >= 11 is 0. The van der Waals surface area contributed by atoms with E-state index < -0.39 is 21.5 Å². The molecule has 2 aromatic heterocycles. The average molecular weight is 465 g/mol. The van der Waals surface area contributed by atoms with E-state index >= 15 is 0 Å². The first-order valence-electron chi connectivity index (χ1n) is 10.00. The Balaban J connectivity index is 1.69. The maximum Gasteiger partial charge on any atom is 0.261 e. The molecule has 2 heterocycles. The van der Waals surface area contributed by atoms with Crippen LogP contribution in [0.2, 0.25) is 0 Å². The molecular formula is C23H20N4O5S. The van der Waals surface area contributed by atoms with Crippen LogP contribution >= 0.6 is 0 Å². The normalized spacial score (nSPS) is 11.2. The maximum absolute atomic E-state index is 13.0. The highest BCUT2D eigenvalue weighted by Gasteiger charge is 2.18. The average Bonchev–Trinajstić information content (AvgIpc) is 2.80. The molecule has 0 fully saturated rings. The second kappa shape index (κ2) is 9.13. The van der Waals surface area contributed by atoms with Crippen molar-refractivity contribution in [1.82, 2.24) is 9.97 Å². The molecule has 0 aliphatic heterocycles. The standard InChI is InChI=1S/C23H20N4O5S/c1-2-32-17-5-3-16(4-6-17)27-33(30,31)18-7-8-21-19(13-18)20(14-22(28)26-21)23(29)25-15-9-11-24-12-10-15/h3-14,27H,2H2,1H3,(H,26,28)(H,24,25,29). The van der Waals surface area contributed by atoms with E-state index in [1.54, 1.807) is 36.4 Å². The fourth-order valence-electron chi connectivity index (χ4n) is 3.22. The minimum Gasteiger partial charge on any atom is -0.494 e. The molecule has 0 unspecified atom stereocenters. The predicted molar refractivity (Wildman–Crippen MR) is 125 cm³/mol. The SMILES string of the molecule is CCOc1ccc(NS(=O)(=O)c2ccc3[nH]c(=O)cc(C(=O)Nc4ccncc4)c3c2)cc1. The second-order valence-electron chi connectivity index (χ2n) is 7.01. The number of sulfonamides is 1. The van der Waals surface area contributed by atoms with Crippen LogP contribution in [0.3, 0.4) is 0 Å². The topological polar surface area (TPSA) is 130 Å². The third-order valence-electron chi connectivity index (χ3n) is 4.73. The lowest BCUT2D eigenvalue weighted by Crippen LogP contribution is -2.18. The van der Waals surface area contributed by atoms with Crippen molar-refractivity contribution >= 4 is 38.2 Å². The first-order chi connectivity index (χ1) is 15.9. The van der Waals surface area contributed by atoms with Gasteiger partial charge in [-0.3, -0.25) is 19.3 Å². The number of aromatic amines is 1. The van der Waals surface area contributed by atoms with Gasteiger partial charge in [-0.05, 0) is 61.5 Å². The quantitative estimate of drug-likeness (QED) is 0.384. The molecule has 2 aromatic carbocycles. The van der Waals surface area contributed by atoms with Gasteiger partial charge < -0.3 is 15.0 Å². The van der Waals surface area contributed by atoms with Gasteiger partial charge in [-0.1, -0.05) is 0 Å². The Labute approximate surface area is 189 Å². The summed E-state index contributed by atoms with van der Waals surface area (Å²) in [6, 6.07) is 15.0. The number of aromatic nitrogens is 2. The zero-order valence-corrected chi connectivity index (χ0v) is 18.3. The minimum atomic E-state index is -3.96. The van der Waals surface area contributed by atoms with E-state index in [-0.39, 0.29) is 15.8 Å². The Morgan fingerprint density at radius 2 is 1.73 bits per heavy atom. The Morgan fingerprint density at radius 3 is 2.42 bits per heavy atom. The van der Waals surface area contributed by atoms with Crippen LogP contribution in [0.4, 0.5) is 11.4 Å². The van der Waals surface area contributed by atoms with Gasteiger partial charge in [0, 0.05) is 40.7 Å². The summed E-state index contributed by atoms with van der Waals surface area (Å²) in [6.45, 7) is 2.36. The summed E-state index contributed by atoms with van der Waals surface area (Å²) in [7, 11) is -3.96. The largest absolute Gasteiger partial charge is 0.494 e. The van der Waals surface area contributed by atoms with Crippen molar-refractivity contribution in [3.63, 3.8) is 0 Å². The lowest BCUT2D eigenvalue weighted by Gasteiger charge is -2.12. The molecule has 3 N–H and O–H groups in total. The number of nitrogens with zero attached hydrogens (tertiary/aromatic N) is 1. The number of rotatable bonds is 7. The zero-order valence-electron chi connectivity index (χ0n) is 17.5. The fraction of sp³-hybridized carbons (Fsp3) is 0.0870. The number of amides is 1. The molecule has 0 bridgehead atoms. The summed E-state index contributed by atoms with van der Waals surface area (Å²) in [5.74, 6) is 0.0753. The van der Waals surface area contributed by atoms with Crippen LogP contribution in [0.25, 0.3) is 10.9 Å². The number of nitrogens with one attached hydrogen (secondary N) is 3. The van der Waals surface area contributed by atoms with Gasteiger partial charge in [0.15, 0.2) is 0 Å². The third-order valence-corrected chi connectivity index (χ3v) is 6.10. The van der Waals surface area contributed by atoms with Crippen LogP contribution in [-0.4, -0.2) is 30.9 Å². The van der Waals surface area contributed by atoms with Gasteiger partial charge in [-0.2, -0.15) is 0 Å². The van der Waals surface area contributed by atoms with Crippen LogP contribution in [0.1, 0.15) is 17.3 Å². The Morgan fingerprint density at radius 1 is 1.00 bits per heavy atom.